The molecule has 1 aromatic carbocycles. The Morgan fingerprint density at radius 3 is 2.05 bits per heavy atom. The van der Waals surface area contributed by atoms with Crippen molar-refractivity contribution in [1.82, 2.24) is 0 Å². The highest BCUT2D eigenvalue weighted by Crippen LogP contribution is 2.45. The molecule has 6 heteroatoms. The second-order valence-electron chi connectivity index (χ2n) is 4.60. The molecule has 0 bridgehead atoms. The van der Waals surface area contributed by atoms with Crippen molar-refractivity contribution in [1.29, 1.82) is 0 Å². The van der Waals surface area contributed by atoms with Crippen molar-refractivity contribution in [3.63, 3.8) is 0 Å². The van der Waals surface area contributed by atoms with Gasteiger partial charge in [-0.15, -0.1) is 0 Å². The minimum atomic E-state index is -1.20. The number of aromatic hydroxyl groups is 1. The fourth-order valence-electron chi connectivity index (χ4n) is 2.44. The van der Waals surface area contributed by atoms with Crippen LogP contribution in [0, 0.1) is 0 Å². The molecule has 0 spiro atoms. The van der Waals surface area contributed by atoms with Crippen molar-refractivity contribution in [3.05, 3.63) is 16.7 Å². The summed E-state index contributed by atoms with van der Waals surface area (Å²) in [4.78, 5) is 21.1. The van der Waals surface area contributed by atoms with E-state index in [-0.39, 0.29) is 11.3 Å². The number of methoxy groups -OCH3 is 1. The molecule has 0 saturated heterocycles. The lowest BCUT2D eigenvalue weighted by Gasteiger charge is -2.20. The summed E-state index contributed by atoms with van der Waals surface area (Å²) in [6.45, 7) is 3.93. The van der Waals surface area contributed by atoms with Crippen LogP contribution in [0.15, 0.2) is 0 Å². The van der Waals surface area contributed by atoms with Gasteiger partial charge in [-0.25, -0.2) is 4.79 Å². The predicted octanol–water partition coefficient (Wildman–Crippen LogP) is 2.94. The Morgan fingerprint density at radius 1 is 1.05 bits per heavy atom. The molecule has 0 aromatic heterocycles. The lowest BCUT2D eigenvalue weighted by Crippen LogP contribution is -2.11. The van der Waals surface area contributed by atoms with Crippen molar-refractivity contribution in [2.45, 2.75) is 39.5 Å². The number of rotatable bonds is 8. The number of carboxylic acids is 1. The van der Waals surface area contributed by atoms with Crippen LogP contribution in [-0.4, -0.2) is 30.4 Å². The van der Waals surface area contributed by atoms with Crippen LogP contribution in [0.4, 0.5) is 0 Å². The third-order valence-electron chi connectivity index (χ3n) is 3.18. The van der Waals surface area contributed by atoms with E-state index in [0.717, 1.165) is 18.4 Å². The van der Waals surface area contributed by atoms with Gasteiger partial charge in [0.1, 0.15) is 5.56 Å². The van der Waals surface area contributed by atoms with Crippen molar-refractivity contribution >= 4 is 5.97 Å². The van der Waals surface area contributed by atoms with E-state index in [1.54, 1.807) is 0 Å². The molecular weight excluding hydrogens is 276 g/mol. The number of carboxylic acid groups (broad SMARTS) is 1. The van der Waals surface area contributed by atoms with Crippen LogP contribution in [0.3, 0.4) is 0 Å². The Bertz CT molecular complexity index is 510. The van der Waals surface area contributed by atoms with E-state index >= 15 is 0 Å². The van der Waals surface area contributed by atoms with E-state index in [9.17, 15) is 15.0 Å². The predicted molar refractivity (Wildman–Crippen MR) is 77.2 cm³/mol. The van der Waals surface area contributed by atoms with Gasteiger partial charge in [0.2, 0.25) is 5.75 Å². The van der Waals surface area contributed by atoms with Crippen molar-refractivity contribution in [3.8, 4) is 17.2 Å². The molecule has 0 radical (unpaired) electrons. The quantitative estimate of drug-likeness (QED) is 0.567. The molecule has 1 rings (SSSR count). The molecule has 0 heterocycles. The van der Waals surface area contributed by atoms with Gasteiger partial charge in [0.25, 0.3) is 0 Å². The first-order chi connectivity index (χ1) is 10.0. The van der Waals surface area contributed by atoms with Gasteiger partial charge < -0.3 is 19.8 Å². The number of ether oxygens (including phenoxy) is 1. The molecule has 0 unspecified atom stereocenters. The molecule has 0 saturated carbocycles. The molecule has 2 N–H and O–H groups in total. The fraction of sp³-hybridized carbons (Fsp3) is 0.533. The summed E-state index contributed by atoms with van der Waals surface area (Å²) < 4.78 is 5.33. The van der Waals surface area contributed by atoms with Gasteiger partial charge in [0.15, 0.2) is 11.5 Å². The normalized spacial score (nSPS) is 10.5. The zero-order valence-electron chi connectivity index (χ0n) is 12.9. The number of phenols is 1. The minimum Gasteiger partial charge on any atom is -0.503 e. The summed E-state index contributed by atoms with van der Waals surface area (Å²) in [5.74, 6) is -1.44. The number of hydrogen-bond acceptors (Lipinski definition) is 5. The summed E-state index contributed by atoms with van der Waals surface area (Å²) in [5, 5.41) is 19.7. The van der Waals surface area contributed by atoms with Crippen LogP contribution in [0.25, 0.3) is 0 Å². The maximum Gasteiger partial charge on any atom is 0.339 e. The average molecular weight is 298 g/mol. The molecule has 0 atom stereocenters. The first-order valence-electron chi connectivity index (χ1n) is 6.91. The Kier molecular flexibility index (Phi) is 6.30. The van der Waals surface area contributed by atoms with E-state index < -0.39 is 11.7 Å². The average Bonchev–Trinajstić information content (AvgIpc) is 2.44. The first-order valence-corrected chi connectivity index (χ1v) is 6.91. The Balaban J connectivity index is 3.73. The maximum absolute atomic E-state index is 11.5. The zero-order chi connectivity index (χ0) is 16.0. The molecule has 21 heavy (non-hydrogen) atoms. The third kappa shape index (κ3) is 3.39. The smallest absolute Gasteiger partial charge is 0.339 e. The molecule has 118 valence electrons. The summed E-state index contributed by atoms with van der Waals surface area (Å²) in [5.41, 5.74) is 1.18. The molecule has 0 aliphatic carbocycles. The van der Waals surface area contributed by atoms with Gasteiger partial charge in [-0.2, -0.15) is 4.89 Å². The monoisotopic (exact) mass is 298 g/mol. The van der Waals surface area contributed by atoms with Crippen LogP contribution in [0.5, 0.6) is 17.2 Å². The molecule has 6 nitrogen and oxygen atoms in total. The van der Waals surface area contributed by atoms with Crippen LogP contribution in [0.2, 0.25) is 0 Å². The molecule has 1 aromatic rings. The number of benzene rings is 1. The van der Waals surface area contributed by atoms with E-state index in [0.29, 0.717) is 24.2 Å². The zero-order valence-corrected chi connectivity index (χ0v) is 12.9. The Labute approximate surface area is 124 Å². The maximum atomic E-state index is 11.5. The van der Waals surface area contributed by atoms with E-state index in [4.69, 9.17) is 9.62 Å². The largest absolute Gasteiger partial charge is 0.503 e. The lowest BCUT2D eigenvalue weighted by atomic mass is 9.92. The molecular formula is C15H22O6. The minimum absolute atomic E-state index is 0.0966. The summed E-state index contributed by atoms with van der Waals surface area (Å²) in [6, 6.07) is 0. The number of hydrogen-bond donors (Lipinski definition) is 2. The number of aromatic carboxylic acids is 1. The van der Waals surface area contributed by atoms with Crippen LogP contribution >= 0.6 is 0 Å². The van der Waals surface area contributed by atoms with Gasteiger partial charge in [0.05, 0.1) is 14.2 Å². The second kappa shape index (κ2) is 7.73. The van der Waals surface area contributed by atoms with Gasteiger partial charge in [-0.3, -0.25) is 0 Å². The highest BCUT2D eigenvalue weighted by Gasteiger charge is 2.29. The lowest BCUT2D eigenvalue weighted by molar-refractivity contribution is -0.180. The fourth-order valence-corrected chi connectivity index (χ4v) is 2.44. The second-order valence-corrected chi connectivity index (χ2v) is 4.60. The van der Waals surface area contributed by atoms with Gasteiger partial charge in [-0.1, -0.05) is 26.7 Å². The van der Waals surface area contributed by atoms with Gasteiger partial charge in [0, 0.05) is 5.56 Å². The SMILES string of the molecule is CCCc1c(CCC)c(C(=O)O)c(O)c(OOC)c1OC. The van der Waals surface area contributed by atoms with Crippen LogP contribution in [0.1, 0.15) is 48.2 Å². The van der Waals surface area contributed by atoms with Crippen LogP contribution < -0.4 is 9.62 Å². The van der Waals surface area contributed by atoms with Crippen LogP contribution in [-0.2, 0) is 17.7 Å². The van der Waals surface area contributed by atoms with Gasteiger partial charge >= 0.3 is 5.97 Å². The van der Waals surface area contributed by atoms with Crippen molar-refractivity contribution in [2.24, 2.45) is 0 Å². The first kappa shape index (κ1) is 17.1. The van der Waals surface area contributed by atoms with Crippen molar-refractivity contribution in [2.75, 3.05) is 14.2 Å². The summed E-state index contributed by atoms with van der Waals surface area (Å²) in [6.07, 6.45) is 2.72. The Morgan fingerprint density at radius 2 is 1.62 bits per heavy atom. The highest BCUT2D eigenvalue weighted by molar-refractivity contribution is 5.95. The van der Waals surface area contributed by atoms with Gasteiger partial charge in [-0.05, 0) is 18.4 Å². The molecule has 0 aliphatic rings. The Hall–Kier alpha value is -1.95. The summed E-state index contributed by atoms with van der Waals surface area (Å²) >= 11 is 0. The molecule has 0 aliphatic heterocycles. The number of carbonyl (C=O) groups is 1. The van der Waals surface area contributed by atoms with E-state index in [1.165, 1.54) is 14.2 Å². The summed E-state index contributed by atoms with van der Waals surface area (Å²) in [7, 11) is 2.73. The topological polar surface area (TPSA) is 85.2 Å². The third-order valence-corrected chi connectivity index (χ3v) is 3.18. The molecule has 0 fully saturated rings. The molecule has 0 amide bonds. The van der Waals surface area contributed by atoms with E-state index in [2.05, 4.69) is 4.89 Å². The highest BCUT2D eigenvalue weighted by atomic mass is 17.2. The van der Waals surface area contributed by atoms with Crippen molar-refractivity contribution < 1.29 is 29.5 Å². The standard InChI is InChI=1S/C15H22O6/c1-5-7-9-10(8-6-2)13(19-3)14(21-20-4)12(16)11(9)15(17)18/h16H,5-8H2,1-4H3,(H,17,18). The van der Waals surface area contributed by atoms with E-state index in [1.807, 2.05) is 13.8 Å².